The topological polar surface area (TPSA) is 44.8 Å². The highest BCUT2D eigenvalue weighted by Gasteiger charge is 2.17. The van der Waals surface area contributed by atoms with Gasteiger partial charge in [0.15, 0.2) is 11.6 Å². The number of halogens is 2. The van der Waals surface area contributed by atoms with Crippen LogP contribution >= 0.6 is 0 Å². The first-order valence-corrected chi connectivity index (χ1v) is 15.2. The largest absolute Gasteiger partial charge is 0.494 e. The Hall–Kier alpha value is -3.41. The summed E-state index contributed by atoms with van der Waals surface area (Å²) in [5.41, 5.74) is 0.857. The van der Waals surface area contributed by atoms with Gasteiger partial charge in [0.2, 0.25) is 5.82 Å². The van der Waals surface area contributed by atoms with E-state index in [-0.39, 0.29) is 11.3 Å². The summed E-state index contributed by atoms with van der Waals surface area (Å²) in [6.45, 7) is 5.39. The van der Waals surface area contributed by atoms with Crippen LogP contribution in [0.2, 0.25) is 0 Å². The van der Waals surface area contributed by atoms with E-state index in [9.17, 15) is 13.6 Å². The molecule has 0 saturated heterocycles. The highest BCUT2D eigenvalue weighted by atomic mass is 19.2. The van der Waals surface area contributed by atoms with Crippen molar-refractivity contribution in [3.05, 3.63) is 77.9 Å². The number of benzene rings is 3. The number of carbonyl (C=O) groups excluding carboxylic acids is 1. The third-order valence-corrected chi connectivity index (χ3v) is 7.03. The first kappa shape index (κ1) is 32.1. The van der Waals surface area contributed by atoms with Crippen LogP contribution in [0.5, 0.6) is 17.2 Å². The van der Waals surface area contributed by atoms with Gasteiger partial charge in [-0.25, -0.2) is 9.18 Å². The Kier molecular flexibility index (Phi) is 14.2. The molecule has 0 radical (unpaired) electrons. The number of hydrogen-bond donors (Lipinski definition) is 0. The summed E-state index contributed by atoms with van der Waals surface area (Å²) in [5, 5.41) is 0. The predicted octanol–water partition coefficient (Wildman–Crippen LogP) is 10.3. The van der Waals surface area contributed by atoms with Crippen molar-refractivity contribution in [1.82, 2.24) is 0 Å². The van der Waals surface area contributed by atoms with Gasteiger partial charge in [0.1, 0.15) is 11.5 Å². The Balaban J connectivity index is 1.47. The van der Waals surface area contributed by atoms with E-state index >= 15 is 0 Å². The zero-order chi connectivity index (χ0) is 29.3. The first-order valence-electron chi connectivity index (χ1n) is 15.2. The molecule has 0 amide bonds. The van der Waals surface area contributed by atoms with E-state index in [1.807, 2.05) is 0 Å². The fourth-order valence-corrected chi connectivity index (χ4v) is 4.56. The van der Waals surface area contributed by atoms with Crippen molar-refractivity contribution in [1.29, 1.82) is 0 Å². The lowest BCUT2D eigenvalue weighted by Crippen LogP contribution is -2.08. The van der Waals surface area contributed by atoms with Gasteiger partial charge in [-0.2, -0.15) is 4.39 Å². The van der Waals surface area contributed by atoms with Gasteiger partial charge in [0.05, 0.1) is 18.8 Å². The highest BCUT2D eigenvalue weighted by Crippen LogP contribution is 2.30. The summed E-state index contributed by atoms with van der Waals surface area (Å²) >= 11 is 0. The van der Waals surface area contributed by atoms with E-state index in [4.69, 9.17) is 14.2 Å². The van der Waals surface area contributed by atoms with E-state index in [0.29, 0.717) is 30.1 Å². The van der Waals surface area contributed by atoms with Crippen LogP contribution in [0.25, 0.3) is 11.1 Å². The standard InChI is InChI=1S/C35H44F2O4/c1-3-5-7-9-11-13-25-39-29-19-21-30(22-20-29)41-35(38)28-17-15-27(16-18-28)31-23-24-32(34(37)33(31)36)40-26-14-12-10-8-6-4-2/h15-24H,3-14,25-26H2,1-2H3. The first-order chi connectivity index (χ1) is 20.0. The van der Waals surface area contributed by atoms with Crippen molar-refractivity contribution < 1.29 is 27.8 Å². The van der Waals surface area contributed by atoms with E-state index in [1.165, 1.54) is 69.2 Å². The SMILES string of the molecule is CCCCCCCCOc1ccc(OC(=O)c2ccc(-c3ccc(OCCCCCCCC)c(F)c3F)cc2)cc1. The molecule has 0 unspecified atom stereocenters. The Bertz CT molecular complexity index is 1180. The van der Waals surface area contributed by atoms with Gasteiger partial charge >= 0.3 is 5.97 Å². The second-order valence-electron chi connectivity index (χ2n) is 10.4. The van der Waals surface area contributed by atoms with Crippen LogP contribution in [-0.4, -0.2) is 19.2 Å². The molecule has 0 N–H and O–H groups in total. The van der Waals surface area contributed by atoms with Crippen LogP contribution in [0.4, 0.5) is 8.78 Å². The molecular formula is C35H44F2O4. The summed E-state index contributed by atoms with van der Waals surface area (Å²) < 4.78 is 46.2. The lowest BCUT2D eigenvalue weighted by Gasteiger charge is -2.11. The Labute approximate surface area is 244 Å². The Morgan fingerprint density at radius 3 is 1.73 bits per heavy atom. The Morgan fingerprint density at radius 2 is 1.12 bits per heavy atom. The molecule has 6 heteroatoms. The molecule has 0 aliphatic carbocycles. The molecule has 0 aromatic heterocycles. The average molecular weight is 567 g/mol. The van der Waals surface area contributed by atoms with Gasteiger partial charge in [-0.05, 0) is 66.9 Å². The summed E-state index contributed by atoms with van der Waals surface area (Å²) in [4.78, 5) is 12.6. The summed E-state index contributed by atoms with van der Waals surface area (Å²) in [6, 6.07) is 16.1. The lowest BCUT2D eigenvalue weighted by molar-refractivity contribution is 0.0734. The third kappa shape index (κ3) is 10.8. The normalized spacial score (nSPS) is 10.9. The second kappa shape index (κ2) is 18.1. The van der Waals surface area contributed by atoms with E-state index in [0.717, 1.165) is 37.9 Å². The molecule has 0 aliphatic rings. The molecule has 0 spiro atoms. The zero-order valence-corrected chi connectivity index (χ0v) is 24.6. The van der Waals surface area contributed by atoms with Gasteiger partial charge in [-0.15, -0.1) is 0 Å². The number of unbranched alkanes of at least 4 members (excludes halogenated alkanes) is 10. The van der Waals surface area contributed by atoms with Crippen LogP contribution in [0.3, 0.4) is 0 Å². The molecule has 0 bridgehead atoms. The predicted molar refractivity (Wildman–Crippen MR) is 161 cm³/mol. The number of hydrogen-bond acceptors (Lipinski definition) is 4. The fourth-order valence-electron chi connectivity index (χ4n) is 4.56. The molecule has 0 heterocycles. The maximum atomic E-state index is 14.8. The molecule has 0 fully saturated rings. The van der Waals surface area contributed by atoms with Crippen molar-refractivity contribution >= 4 is 5.97 Å². The monoisotopic (exact) mass is 566 g/mol. The van der Waals surface area contributed by atoms with Crippen molar-refractivity contribution in [2.75, 3.05) is 13.2 Å². The summed E-state index contributed by atoms with van der Waals surface area (Å²) in [5.74, 6) is -1.47. The second-order valence-corrected chi connectivity index (χ2v) is 10.4. The Morgan fingerprint density at radius 1 is 0.585 bits per heavy atom. The molecule has 222 valence electrons. The van der Waals surface area contributed by atoms with Crippen molar-refractivity contribution in [2.24, 2.45) is 0 Å². The fraction of sp³-hybridized carbons (Fsp3) is 0.457. The average Bonchev–Trinajstić information content (AvgIpc) is 2.99. The molecule has 3 aromatic carbocycles. The van der Waals surface area contributed by atoms with Gasteiger partial charge in [0.25, 0.3) is 0 Å². The minimum absolute atomic E-state index is 0.0844. The number of rotatable bonds is 19. The maximum absolute atomic E-state index is 14.8. The van der Waals surface area contributed by atoms with Crippen LogP contribution in [0.15, 0.2) is 60.7 Å². The van der Waals surface area contributed by atoms with Crippen LogP contribution in [0.1, 0.15) is 101 Å². The van der Waals surface area contributed by atoms with Gasteiger partial charge < -0.3 is 14.2 Å². The quantitative estimate of drug-likeness (QED) is 0.0822. The van der Waals surface area contributed by atoms with E-state index < -0.39 is 17.6 Å². The maximum Gasteiger partial charge on any atom is 0.343 e. The molecule has 3 aromatic rings. The van der Waals surface area contributed by atoms with E-state index in [1.54, 1.807) is 36.4 Å². The molecular weight excluding hydrogens is 522 g/mol. The minimum Gasteiger partial charge on any atom is -0.494 e. The van der Waals surface area contributed by atoms with Gasteiger partial charge in [-0.1, -0.05) is 90.2 Å². The molecule has 0 aliphatic heterocycles. The smallest absolute Gasteiger partial charge is 0.343 e. The molecule has 4 nitrogen and oxygen atoms in total. The lowest BCUT2D eigenvalue weighted by atomic mass is 10.0. The van der Waals surface area contributed by atoms with Crippen LogP contribution in [-0.2, 0) is 0 Å². The number of carbonyl (C=O) groups is 1. The van der Waals surface area contributed by atoms with Crippen molar-refractivity contribution in [3.8, 4) is 28.4 Å². The highest BCUT2D eigenvalue weighted by molar-refractivity contribution is 5.91. The van der Waals surface area contributed by atoms with Gasteiger partial charge in [-0.3, -0.25) is 0 Å². The molecule has 41 heavy (non-hydrogen) atoms. The summed E-state index contributed by atoms with van der Waals surface area (Å²) in [6.07, 6.45) is 13.7. The van der Waals surface area contributed by atoms with Crippen LogP contribution in [0, 0.1) is 11.6 Å². The van der Waals surface area contributed by atoms with Crippen molar-refractivity contribution in [3.63, 3.8) is 0 Å². The van der Waals surface area contributed by atoms with E-state index in [2.05, 4.69) is 13.8 Å². The molecule has 0 saturated carbocycles. The number of ether oxygens (including phenoxy) is 3. The minimum atomic E-state index is -1.00. The molecule has 0 atom stereocenters. The zero-order valence-electron chi connectivity index (χ0n) is 24.6. The molecule has 3 rings (SSSR count). The summed E-state index contributed by atoms with van der Waals surface area (Å²) in [7, 11) is 0. The van der Waals surface area contributed by atoms with Crippen LogP contribution < -0.4 is 14.2 Å². The van der Waals surface area contributed by atoms with Gasteiger partial charge in [0, 0.05) is 5.56 Å². The van der Waals surface area contributed by atoms with Crippen molar-refractivity contribution in [2.45, 2.75) is 90.9 Å². The number of esters is 1. The third-order valence-electron chi connectivity index (χ3n) is 7.03.